The Balaban J connectivity index is 1.25. The van der Waals surface area contributed by atoms with Crippen molar-refractivity contribution >= 4 is 55.8 Å². The van der Waals surface area contributed by atoms with Gasteiger partial charge < -0.3 is 9.64 Å². The Hall–Kier alpha value is -3.71. The number of benzene rings is 5. The van der Waals surface area contributed by atoms with Crippen molar-refractivity contribution in [3.63, 3.8) is 0 Å². The van der Waals surface area contributed by atoms with Crippen LogP contribution in [0.2, 0.25) is 0 Å². The summed E-state index contributed by atoms with van der Waals surface area (Å²) in [6.07, 6.45) is 1.49. The zero-order valence-electron chi connectivity index (χ0n) is 25.5. The van der Waals surface area contributed by atoms with E-state index in [2.05, 4.69) is 76.5 Å². The highest BCUT2D eigenvalue weighted by atomic mass is 32.2. The van der Waals surface area contributed by atoms with Crippen LogP contribution in [0.5, 0.6) is 0 Å². The number of hydrogen-bond acceptors (Lipinski definition) is 5. The van der Waals surface area contributed by atoms with Gasteiger partial charge in [0.15, 0.2) is 5.78 Å². The minimum atomic E-state index is -0.803. The molecule has 0 N–H and O–H groups in total. The van der Waals surface area contributed by atoms with E-state index in [1.54, 1.807) is 0 Å². The molecular formula is C39H38N2O3S. The van der Waals surface area contributed by atoms with Crippen LogP contribution in [0.25, 0.3) is 32.3 Å². The number of hydrogen-bond donors (Lipinski definition) is 0. The molecule has 3 aliphatic rings. The number of morpholine rings is 1. The van der Waals surface area contributed by atoms with E-state index >= 15 is 4.79 Å². The molecule has 8 rings (SSSR count). The predicted molar refractivity (Wildman–Crippen MR) is 184 cm³/mol. The molecule has 5 nitrogen and oxygen atoms in total. The number of ketones is 1. The Labute approximate surface area is 268 Å². The zero-order valence-corrected chi connectivity index (χ0v) is 26.4. The summed E-state index contributed by atoms with van der Waals surface area (Å²) in [5.74, 6) is 2.21. The van der Waals surface area contributed by atoms with E-state index in [1.165, 1.54) is 32.3 Å². The second-order valence-electron chi connectivity index (χ2n) is 12.8. The monoisotopic (exact) mass is 614 g/mol. The molecule has 5 aromatic rings. The molecule has 2 atom stereocenters. The van der Waals surface area contributed by atoms with Crippen LogP contribution >= 0.6 is 11.8 Å². The second kappa shape index (κ2) is 11.9. The third-order valence-corrected chi connectivity index (χ3v) is 11.5. The third kappa shape index (κ3) is 5.04. The Morgan fingerprint density at radius 1 is 0.800 bits per heavy atom. The highest BCUT2D eigenvalue weighted by Gasteiger charge is 2.49. The molecule has 2 aliphatic heterocycles. The van der Waals surface area contributed by atoms with Gasteiger partial charge in [-0.15, -0.1) is 0 Å². The first-order chi connectivity index (χ1) is 22.1. The fourth-order valence-corrected chi connectivity index (χ4v) is 9.10. The molecule has 2 fully saturated rings. The van der Waals surface area contributed by atoms with Gasteiger partial charge in [-0.1, -0.05) is 91.0 Å². The maximum atomic E-state index is 15.3. The van der Waals surface area contributed by atoms with Gasteiger partial charge in [-0.2, -0.15) is 11.8 Å². The van der Waals surface area contributed by atoms with Gasteiger partial charge in [0, 0.05) is 49.7 Å². The van der Waals surface area contributed by atoms with Crippen LogP contribution < -0.4 is 0 Å². The largest absolute Gasteiger partial charge is 0.379 e. The van der Waals surface area contributed by atoms with E-state index in [-0.39, 0.29) is 17.7 Å². The van der Waals surface area contributed by atoms with Crippen LogP contribution in [-0.4, -0.2) is 78.4 Å². The highest BCUT2D eigenvalue weighted by Crippen LogP contribution is 2.44. The van der Waals surface area contributed by atoms with Crippen LogP contribution in [0.15, 0.2) is 91.0 Å². The van der Waals surface area contributed by atoms with Crippen LogP contribution in [0.3, 0.4) is 0 Å². The molecule has 1 amide bonds. The summed E-state index contributed by atoms with van der Waals surface area (Å²) in [4.78, 5) is 33.2. The van der Waals surface area contributed by atoms with Crippen molar-refractivity contribution in [2.75, 3.05) is 50.9 Å². The Morgan fingerprint density at radius 2 is 1.53 bits per heavy atom. The van der Waals surface area contributed by atoms with Gasteiger partial charge in [0.05, 0.1) is 24.7 Å². The number of Topliss-reactive ketones (excluding diaryl/α,β-unsaturated/α-hetero) is 1. The summed E-state index contributed by atoms with van der Waals surface area (Å²) in [5, 5.41) is 7.35. The Bertz CT molecular complexity index is 1930. The fraction of sp³-hybridized carbons (Fsp3) is 0.333. The quantitative estimate of drug-likeness (QED) is 0.202. The van der Waals surface area contributed by atoms with Gasteiger partial charge in [-0.3, -0.25) is 14.5 Å². The van der Waals surface area contributed by atoms with Gasteiger partial charge in [0.2, 0.25) is 5.91 Å². The average Bonchev–Trinajstić information content (AvgIpc) is 3.10. The molecule has 0 saturated carbocycles. The predicted octanol–water partition coefficient (Wildman–Crippen LogP) is 6.88. The number of carbonyl (C=O) groups is 2. The molecule has 1 aliphatic carbocycles. The maximum Gasteiger partial charge on any atom is 0.233 e. The first-order valence-corrected chi connectivity index (χ1v) is 17.4. The van der Waals surface area contributed by atoms with E-state index in [4.69, 9.17) is 4.74 Å². The van der Waals surface area contributed by atoms with E-state index in [9.17, 15) is 4.79 Å². The van der Waals surface area contributed by atoms with Crippen molar-refractivity contribution in [3.05, 3.63) is 108 Å². The summed E-state index contributed by atoms with van der Waals surface area (Å²) in [6, 6.07) is 32.1. The smallest absolute Gasteiger partial charge is 0.233 e. The molecular weight excluding hydrogens is 577 g/mol. The minimum Gasteiger partial charge on any atom is -0.379 e. The van der Waals surface area contributed by atoms with Gasteiger partial charge in [-0.05, 0) is 56.3 Å². The van der Waals surface area contributed by atoms with Gasteiger partial charge in [0.25, 0.3) is 0 Å². The van der Waals surface area contributed by atoms with Crippen molar-refractivity contribution < 1.29 is 14.3 Å². The molecule has 0 spiro atoms. The molecule has 228 valence electrons. The second-order valence-corrected chi connectivity index (χ2v) is 14.0. The number of thioether (sulfide) groups is 1. The number of nitrogens with zero attached hydrogens (tertiary/aromatic N) is 2. The topological polar surface area (TPSA) is 49.9 Å². The molecule has 2 saturated heterocycles. The van der Waals surface area contributed by atoms with Gasteiger partial charge in [-0.25, -0.2) is 0 Å². The third-order valence-electron chi connectivity index (χ3n) is 10.4. The average molecular weight is 615 g/mol. The van der Waals surface area contributed by atoms with Crippen molar-refractivity contribution in [3.8, 4) is 0 Å². The number of fused-ring (bicyclic) bond motifs is 6. The fourth-order valence-electron chi connectivity index (χ4n) is 8.05. The number of ether oxygens (including phenoxy) is 1. The summed E-state index contributed by atoms with van der Waals surface area (Å²) in [5.41, 5.74) is 1.97. The first-order valence-electron chi connectivity index (χ1n) is 16.3. The van der Waals surface area contributed by atoms with E-state index < -0.39 is 5.41 Å². The van der Waals surface area contributed by atoms with Gasteiger partial charge >= 0.3 is 0 Å². The number of amides is 1. The van der Waals surface area contributed by atoms with Crippen molar-refractivity contribution in [1.82, 2.24) is 9.80 Å². The summed E-state index contributed by atoms with van der Waals surface area (Å²) in [7, 11) is 0. The normalized spacial score (nSPS) is 22.6. The summed E-state index contributed by atoms with van der Waals surface area (Å²) in [6.45, 7) is 4.92. The van der Waals surface area contributed by atoms with Crippen LogP contribution in [0.4, 0.5) is 0 Å². The standard InChI is InChI=1S/C39H38N2O3S/c42-37-16-17-39(36-11-4-3-9-35(36)37,38(43)41-20-23-45-26-29(41)25-40-18-21-44-22-19-40)24-28-7-5-10-32-31(28)14-15-33-30-8-2-1-6-27(30)12-13-34(32)33/h1-15,29H,16-26H2. The van der Waals surface area contributed by atoms with E-state index in [1.807, 2.05) is 36.0 Å². The lowest BCUT2D eigenvalue weighted by molar-refractivity contribution is -0.140. The lowest BCUT2D eigenvalue weighted by Gasteiger charge is -2.46. The maximum absolute atomic E-state index is 15.3. The zero-order chi connectivity index (χ0) is 30.4. The van der Waals surface area contributed by atoms with Crippen LogP contribution in [0, 0.1) is 0 Å². The minimum absolute atomic E-state index is 0.140. The van der Waals surface area contributed by atoms with Crippen molar-refractivity contribution in [2.45, 2.75) is 30.7 Å². The molecule has 2 unspecified atom stereocenters. The van der Waals surface area contributed by atoms with Crippen molar-refractivity contribution in [1.29, 1.82) is 0 Å². The molecule has 45 heavy (non-hydrogen) atoms. The van der Waals surface area contributed by atoms with Crippen molar-refractivity contribution in [2.24, 2.45) is 0 Å². The van der Waals surface area contributed by atoms with E-state index in [0.29, 0.717) is 24.8 Å². The molecule has 5 aromatic carbocycles. The molecule has 6 heteroatoms. The lowest BCUT2D eigenvalue weighted by atomic mass is 9.65. The Morgan fingerprint density at radius 3 is 2.44 bits per heavy atom. The SMILES string of the molecule is O=C1CCC(Cc2cccc3c2ccc2c4ccccc4ccc32)(C(=O)N2CCSCC2CN2CCOCC2)c2ccccc21. The Kier molecular flexibility index (Phi) is 7.60. The molecule has 2 heterocycles. The van der Waals surface area contributed by atoms with Crippen LogP contribution in [0.1, 0.15) is 34.3 Å². The van der Waals surface area contributed by atoms with E-state index in [0.717, 1.165) is 62.0 Å². The van der Waals surface area contributed by atoms with Crippen LogP contribution in [-0.2, 0) is 21.4 Å². The molecule has 0 aromatic heterocycles. The number of rotatable bonds is 5. The first kappa shape index (κ1) is 28.7. The highest BCUT2D eigenvalue weighted by molar-refractivity contribution is 7.99. The molecule has 0 radical (unpaired) electrons. The summed E-state index contributed by atoms with van der Waals surface area (Å²) < 4.78 is 5.61. The lowest BCUT2D eigenvalue weighted by Crippen LogP contribution is -2.59. The molecule has 0 bridgehead atoms. The summed E-state index contributed by atoms with van der Waals surface area (Å²) >= 11 is 1.95. The number of carbonyl (C=O) groups excluding carboxylic acids is 2. The van der Waals surface area contributed by atoms with Gasteiger partial charge in [0.1, 0.15) is 0 Å².